The maximum atomic E-state index is 14.7. The number of methoxy groups -OCH3 is 1. The molecular formula is C24H27F4NO2S. The van der Waals surface area contributed by atoms with Crippen LogP contribution in [0.4, 0.5) is 17.6 Å². The van der Waals surface area contributed by atoms with Gasteiger partial charge in [-0.3, -0.25) is 0 Å². The molecule has 2 unspecified atom stereocenters. The highest BCUT2D eigenvalue weighted by Gasteiger charge is 2.62. The van der Waals surface area contributed by atoms with Crippen molar-refractivity contribution in [3.63, 3.8) is 0 Å². The molecule has 1 aromatic carbocycles. The Morgan fingerprint density at radius 2 is 1.88 bits per heavy atom. The van der Waals surface area contributed by atoms with Gasteiger partial charge in [0.05, 0.1) is 13.2 Å². The van der Waals surface area contributed by atoms with Crippen molar-refractivity contribution in [2.75, 3.05) is 7.11 Å². The molecule has 32 heavy (non-hydrogen) atoms. The monoisotopic (exact) mass is 469 g/mol. The second-order valence-electron chi connectivity index (χ2n) is 8.59. The molecule has 8 heteroatoms. The SMILES string of the molecule is COc1ccc(F)cc1C(C)(C)CC(O)(C(C1=CC=CCC1)N1C=CSC=C1)C(F)(F)F. The van der Waals surface area contributed by atoms with E-state index in [1.807, 2.05) is 6.08 Å². The van der Waals surface area contributed by atoms with Crippen molar-refractivity contribution in [3.05, 3.63) is 76.6 Å². The van der Waals surface area contributed by atoms with Gasteiger partial charge in [0.15, 0.2) is 5.60 Å². The molecule has 3 rings (SSSR count). The van der Waals surface area contributed by atoms with Crippen LogP contribution >= 0.6 is 11.8 Å². The predicted molar refractivity (Wildman–Crippen MR) is 120 cm³/mol. The summed E-state index contributed by atoms with van der Waals surface area (Å²) < 4.78 is 63.4. The van der Waals surface area contributed by atoms with Crippen LogP contribution in [0.15, 0.2) is 65.2 Å². The van der Waals surface area contributed by atoms with Crippen LogP contribution in [0.5, 0.6) is 5.75 Å². The molecule has 0 bridgehead atoms. The first-order valence-corrected chi connectivity index (χ1v) is 11.2. The topological polar surface area (TPSA) is 32.7 Å². The molecule has 1 aliphatic heterocycles. The van der Waals surface area contributed by atoms with Gasteiger partial charge in [0.25, 0.3) is 0 Å². The number of allylic oxidation sites excluding steroid dienone is 3. The molecule has 0 amide bonds. The minimum absolute atomic E-state index is 0.263. The number of hydrogen-bond donors (Lipinski definition) is 1. The average molecular weight is 470 g/mol. The first-order chi connectivity index (χ1) is 15.0. The third kappa shape index (κ3) is 4.91. The fraction of sp³-hybridized carbons (Fsp3) is 0.417. The Kier molecular flexibility index (Phi) is 7.15. The van der Waals surface area contributed by atoms with Crippen molar-refractivity contribution in [2.45, 2.75) is 56.3 Å². The van der Waals surface area contributed by atoms with Crippen LogP contribution in [0.1, 0.15) is 38.7 Å². The van der Waals surface area contributed by atoms with Crippen LogP contribution in [0.25, 0.3) is 0 Å². The summed E-state index contributed by atoms with van der Waals surface area (Å²) in [6.07, 6.45) is 3.67. The summed E-state index contributed by atoms with van der Waals surface area (Å²) in [5.74, 6) is -0.313. The van der Waals surface area contributed by atoms with Gasteiger partial charge < -0.3 is 14.7 Å². The van der Waals surface area contributed by atoms with Crippen molar-refractivity contribution in [2.24, 2.45) is 0 Å². The van der Waals surface area contributed by atoms with E-state index in [2.05, 4.69) is 0 Å². The molecule has 0 saturated heterocycles. The molecule has 0 spiro atoms. The number of nitrogens with zero attached hydrogens (tertiary/aromatic N) is 1. The summed E-state index contributed by atoms with van der Waals surface area (Å²) in [4.78, 5) is 1.41. The lowest BCUT2D eigenvalue weighted by Gasteiger charge is -2.47. The summed E-state index contributed by atoms with van der Waals surface area (Å²) in [6, 6.07) is 2.37. The number of aliphatic hydroxyl groups is 1. The summed E-state index contributed by atoms with van der Waals surface area (Å²) >= 11 is 1.34. The Bertz CT molecular complexity index is 940. The Labute approximate surface area is 190 Å². The number of rotatable bonds is 7. The Balaban J connectivity index is 2.13. The van der Waals surface area contributed by atoms with Crippen molar-refractivity contribution < 1.29 is 27.4 Å². The molecule has 2 aliphatic rings. The van der Waals surface area contributed by atoms with Gasteiger partial charge in [-0.1, -0.05) is 32.1 Å². The smallest absolute Gasteiger partial charge is 0.419 e. The van der Waals surface area contributed by atoms with Crippen LogP contribution in [0.3, 0.4) is 0 Å². The Morgan fingerprint density at radius 3 is 2.44 bits per heavy atom. The molecule has 3 nitrogen and oxygen atoms in total. The highest BCUT2D eigenvalue weighted by Crippen LogP contribution is 2.49. The summed E-state index contributed by atoms with van der Waals surface area (Å²) in [6.45, 7) is 3.12. The molecule has 0 aromatic heterocycles. The van der Waals surface area contributed by atoms with Gasteiger partial charge in [-0.25, -0.2) is 4.39 Å². The summed E-state index contributed by atoms with van der Waals surface area (Å²) in [5, 5.41) is 14.8. The first kappa shape index (κ1) is 24.5. The molecule has 1 aromatic rings. The molecule has 2 atom stereocenters. The van der Waals surface area contributed by atoms with Crippen LogP contribution < -0.4 is 4.74 Å². The third-order valence-corrected chi connectivity index (χ3v) is 6.42. The lowest BCUT2D eigenvalue weighted by molar-refractivity contribution is -0.279. The molecule has 1 N–H and O–H groups in total. The standard InChI is InChI=1S/C24H27F4NO2S/c1-22(2,19-15-18(25)9-10-20(19)31-3)16-23(30,24(26,27)28)21(17-7-5-4-6-8-17)29-11-13-32-14-12-29/h4-5,7,9-15,21,30H,6,8,16H2,1-3H3. The van der Waals surface area contributed by atoms with Gasteiger partial charge in [0.2, 0.25) is 0 Å². The predicted octanol–water partition coefficient (Wildman–Crippen LogP) is 6.43. The number of hydrogen-bond acceptors (Lipinski definition) is 4. The number of ether oxygens (including phenoxy) is 1. The van der Waals surface area contributed by atoms with E-state index in [4.69, 9.17) is 4.74 Å². The molecule has 0 fully saturated rings. The van der Waals surface area contributed by atoms with E-state index >= 15 is 0 Å². The van der Waals surface area contributed by atoms with E-state index in [0.717, 1.165) is 0 Å². The zero-order valence-corrected chi connectivity index (χ0v) is 19.0. The maximum absolute atomic E-state index is 14.7. The lowest BCUT2D eigenvalue weighted by atomic mass is 9.70. The highest BCUT2D eigenvalue weighted by atomic mass is 32.2. The molecule has 0 radical (unpaired) electrons. The molecular weight excluding hydrogens is 442 g/mol. The quantitative estimate of drug-likeness (QED) is 0.467. The van der Waals surface area contributed by atoms with Gasteiger partial charge in [0.1, 0.15) is 11.6 Å². The fourth-order valence-corrected chi connectivity index (χ4v) is 4.91. The van der Waals surface area contributed by atoms with Crippen LogP contribution in [-0.2, 0) is 5.41 Å². The summed E-state index contributed by atoms with van der Waals surface area (Å²) in [7, 11) is 1.38. The van der Waals surface area contributed by atoms with Gasteiger partial charge >= 0.3 is 6.18 Å². The van der Waals surface area contributed by atoms with E-state index in [1.165, 1.54) is 42.0 Å². The number of alkyl halides is 3. The normalized spacial score (nSPS) is 19.5. The zero-order chi connectivity index (χ0) is 23.6. The minimum atomic E-state index is -4.95. The number of benzene rings is 1. The van der Waals surface area contributed by atoms with Gasteiger partial charge in [-0.05, 0) is 59.3 Å². The van der Waals surface area contributed by atoms with Crippen molar-refractivity contribution in [3.8, 4) is 5.75 Å². The Morgan fingerprint density at radius 1 is 1.19 bits per heavy atom. The van der Waals surface area contributed by atoms with Crippen molar-refractivity contribution >= 4 is 11.8 Å². The van der Waals surface area contributed by atoms with Gasteiger partial charge in [-0.15, -0.1) is 11.8 Å². The first-order valence-electron chi connectivity index (χ1n) is 10.2. The molecule has 174 valence electrons. The second kappa shape index (κ2) is 9.35. The minimum Gasteiger partial charge on any atom is -0.496 e. The van der Waals surface area contributed by atoms with Gasteiger partial charge in [0, 0.05) is 18.0 Å². The number of thioether (sulfide) groups is 1. The second-order valence-corrected chi connectivity index (χ2v) is 9.41. The fourth-order valence-electron chi connectivity index (χ4n) is 4.40. The van der Waals surface area contributed by atoms with Gasteiger partial charge in [-0.2, -0.15) is 13.2 Å². The maximum Gasteiger partial charge on any atom is 0.419 e. The highest BCUT2D eigenvalue weighted by molar-refractivity contribution is 8.04. The van der Waals surface area contributed by atoms with E-state index < -0.39 is 35.5 Å². The number of halogens is 4. The van der Waals surface area contributed by atoms with E-state index in [1.54, 1.807) is 49.2 Å². The van der Waals surface area contributed by atoms with Crippen molar-refractivity contribution in [1.29, 1.82) is 0 Å². The van der Waals surface area contributed by atoms with Crippen molar-refractivity contribution in [1.82, 2.24) is 4.90 Å². The Hall–Kier alpha value is -2.19. The molecule has 1 aliphatic carbocycles. The largest absolute Gasteiger partial charge is 0.496 e. The molecule has 1 heterocycles. The van der Waals surface area contributed by atoms with E-state index in [-0.39, 0.29) is 11.3 Å². The summed E-state index contributed by atoms with van der Waals surface area (Å²) in [5.41, 5.74) is -3.64. The van der Waals surface area contributed by atoms with E-state index in [9.17, 15) is 22.7 Å². The van der Waals surface area contributed by atoms with E-state index in [0.29, 0.717) is 18.4 Å². The van der Waals surface area contributed by atoms with Crippen LogP contribution in [-0.4, -0.2) is 34.9 Å². The third-order valence-electron chi connectivity index (χ3n) is 5.86. The van der Waals surface area contributed by atoms with Crippen LogP contribution in [0.2, 0.25) is 0 Å². The zero-order valence-electron chi connectivity index (χ0n) is 18.2. The average Bonchev–Trinajstić information content (AvgIpc) is 2.74. The van der Waals surface area contributed by atoms with Crippen LogP contribution in [0, 0.1) is 5.82 Å². The molecule has 0 saturated carbocycles. The lowest BCUT2D eigenvalue weighted by Crippen LogP contribution is -2.61.